The first-order chi connectivity index (χ1) is 31.7. The van der Waals surface area contributed by atoms with E-state index in [9.17, 15) is 0 Å². The Morgan fingerprint density at radius 1 is 0.250 bits per heavy atom. The van der Waals surface area contributed by atoms with E-state index in [1.54, 1.807) is 0 Å². The largest absolute Gasteiger partial charge is 0.310 e. The Bertz CT molecular complexity index is 4170. The maximum absolute atomic E-state index is 2.47. The van der Waals surface area contributed by atoms with E-state index in [-0.39, 0.29) is 0 Å². The van der Waals surface area contributed by atoms with Gasteiger partial charge < -0.3 is 9.47 Å². The Labute approximate surface area is 369 Å². The highest BCUT2D eigenvalue weighted by Crippen LogP contribution is 2.47. The average molecular weight is 811 g/mol. The van der Waals surface area contributed by atoms with Crippen molar-refractivity contribution in [2.45, 2.75) is 0 Å². The molecule has 0 unspecified atom stereocenters. The van der Waals surface area contributed by atoms with Crippen molar-refractivity contribution in [1.82, 2.24) is 4.57 Å². The van der Waals surface area contributed by atoms with E-state index in [2.05, 4.69) is 240 Å². The van der Waals surface area contributed by atoms with Crippen molar-refractivity contribution in [3.05, 3.63) is 231 Å². The standard InChI is InChI=1S/C62H38N2/c1-2-16-47(17-3-1)64-57-22-7-6-18-51(57)52-34-33-49(38-58(52)64)63(48-31-29-40(30-32-48)45-27-23-39-11-4-5-12-44(39)35-45)50-36-46-28-26-43-14-9-20-54-53-19-8-13-41-24-25-42-15-10-21-55(61(42)59(41)53)56(37-50)62(46)60(43)54/h1-38H. The number of nitrogens with zero attached hydrogens (tertiary/aromatic N) is 2. The summed E-state index contributed by atoms with van der Waals surface area (Å²) in [5, 5.41) is 20.2. The summed E-state index contributed by atoms with van der Waals surface area (Å²) in [6.07, 6.45) is 0. The molecular weight excluding hydrogens is 773 g/mol. The van der Waals surface area contributed by atoms with Gasteiger partial charge in [-0.1, -0.05) is 170 Å². The summed E-state index contributed by atoms with van der Waals surface area (Å²) >= 11 is 0. The van der Waals surface area contributed by atoms with E-state index < -0.39 is 0 Å². The molecule has 0 aliphatic rings. The number of hydrogen-bond donors (Lipinski definition) is 0. The second-order valence-electron chi connectivity index (χ2n) is 17.3. The minimum atomic E-state index is 1.09. The lowest BCUT2D eigenvalue weighted by atomic mass is 9.87. The van der Waals surface area contributed by atoms with Gasteiger partial charge in [-0.15, -0.1) is 0 Å². The van der Waals surface area contributed by atoms with Gasteiger partial charge in [-0.2, -0.15) is 0 Å². The van der Waals surface area contributed by atoms with Crippen molar-refractivity contribution in [2.24, 2.45) is 0 Å². The fourth-order valence-electron chi connectivity index (χ4n) is 11.0. The van der Waals surface area contributed by atoms with Crippen LogP contribution in [0.3, 0.4) is 0 Å². The molecule has 0 aliphatic heterocycles. The highest BCUT2D eigenvalue weighted by Gasteiger charge is 2.21. The summed E-state index contributed by atoms with van der Waals surface area (Å²) in [6, 6.07) is 85.7. The molecule has 0 fully saturated rings. The van der Waals surface area contributed by atoms with Crippen molar-refractivity contribution < 1.29 is 0 Å². The van der Waals surface area contributed by atoms with Gasteiger partial charge in [-0.25, -0.2) is 0 Å². The van der Waals surface area contributed by atoms with Gasteiger partial charge in [-0.05, 0) is 147 Å². The maximum atomic E-state index is 2.47. The highest BCUT2D eigenvalue weighted by atomic mass is 15.1. The molecule has 0 amide bonds. The van der Waals surface area contributed by atoms with Gasteiger partial charge >= 0.3 is 0 Å². The van der Waals surface area contributed by atoms with Crippen LogP contribution >= 0.6 is 0 Å². The first-order valence-electron chi connectivity index (χ1n) is 22.2. The van der Waals surface area contributed by atoms with Gasteiger partial charge in [0.2, 0.25) is 0 Å². The molecule has 14 rings (SSSR count). The van der Waals surface area contributed by atoms with E-state index in [1.807, 2.05) is 0 Å². The molecule has 296 valence electrons. The monoisotopic (exact) mass is 810 g/mol. The van der Waals surface area contributed by atoms with Crippen LogP contribution in [0.25, 0.3) is 114 Å². The third kappa shape index (κ3) is 5.14. The fraction of sp³-hybridized carbons (Fsp3) is 0. The predicted molar refractivity (Wildman–Crippen MR) is 275 cm³/mol. The molecule has 13 aromatic carbocycles. The second kappa shape index (κ2) is 13.5. The molecule has 2 heteroatoms. The van der Waals surface area contributed by atoms with E-state index in [1.165, 1.54) is 108 Å². The zero-order chi connectivity index (χ0) is 41.9. The van der Waals surface area contributed by atoms with Crippen molar-refractivity contribution >= 4 is 114 Å². The SMILES string of the molecule is c1ccc(-n2c3ccccc3c3ccc(N(c4ccc(-c5ccc6ccccc6c5)cc4)c4cc5ccc6cccc7c8cccc9ccc%10cccc(c(c4)c5c67)c%10c98)cc32)cc1. The van der Waals surface area contributed by atoms with Gasteiger partial charge in [0.1, 0.15) is 0 Å². The first kappa shape index (κ1) is 35.2. The number of aromatic nitrogens is 1. The molecule has 1 aromatic heterocycles. The van der Waals surface area contributed by atoms with Gasteiger partial charge in [-0.3, -0.25) is 0 Å². The summed E-state index contributed by atoms with van der Waals surface area (Å²) in [7, 11) is 0. The average Bonchev–Trinajstić information content (AvgIpc) is 3.69. The van der Waals surface area contributed by atoms with Crippen LogP contribution in [0.2, 0.25) is 0 Å². The Kier molecular flexibility index (Phi) is 7.43. The number of hydrogen-bond acceptors (Lipinski definition) is 1. The van der Waals surface area contributed by atoms with Crippen LogP contribution < -0.4 is 4.90 Å². The number of benzene rings is 12. The highest BCUT2D eigenvalue weighted by molar-refractivity contribution is 6.37. The van der Waals surface area contributed by atoms with E-state index in [4.69, 9.17) is 0 Å². The Hall–Kier alpha value is -8.46. The molecule has 1 heterocycles. The number of para-hydroxylation sites is 2. The van der Waals surface area contributed by atoms with Crippen molar-refractivity contribution in [2.75, 3.05) is 4.90 Å². The topological polar surface area (TPSA) is 8.17 Å². The number of rotatable bonds is 5. The molecule has 0 aliphatic carbocycles. The Morgan fingerprint density at radius 2 is 0.766 bits per heavy atom. The molecule has 0 radical (unpaired) electrons. The fourth-order valence-corrected chi connectivity index (χ4v) is 11.0. The van der Waals surface area contributed by atoms with Crippen molar-refractivity contribution in [3.8, 4) is 16.8 Å². The lowest BCUT2D eigenvalue weighted by molar-refractivity contribution is 1.18. The van der Waals surface area contributed by atoms with Crippen LogP contribution in [-0.2, 0) is 0 Å². The van der Waals surface area contributed by atoms with Gasteiger partial charge in [0, 0.05) is 33.5 Å². The smallest absolute Gasteiger partial charge is 0.0561 e. The zero-order valence-corrected chi connectivity index (χ0v) is 34.8. The maximum Gasteiger partial charge on any atom is 0.0561 e. The van der Waals surface area contributed by atoms with Gasteiger partial charge in [0.25, 0.3) is 0 Å². The lowest BCUT2D eigenvalue weighted by Crippen LogP contribution is -2.10. The van der Waals surface area contributed by atoms with Crippen LogP contribution in [0.5, 0.6) is 0 Å². The van der Waals surface area contributed by atoms with E-state index >= 15 is 0 Å². The molecule has 0 spiro atoms. The molecule has 64 heavy (non-hydrogen) atoms. The number of anilines is 3. The van der Waals surface area contributed by atoms with Crippen LogP contribution in [0, 0.1) is 0 Å². The molecule has 0 atom stereocenters. The van der Waals surface area contributed by atoms with Crippen molar-refractivity contribution in [1.29, 1.82) is 0 Å². The third-order valence-corrected chi connectivity index (χ3v) is 13.8. The quantitative estimate of drug-likeness (QED) is 0.157. The van der Waals surface area contributed by atoms with Crippen molar-refractivity contribution in [3.63, 3.8) is 0 Å². The summed E-state index contributed by atoms with van der Waals surface area (Å²) in [6.45, 7) is 0. The Balaban J connectivity index is 1.08. The zero-order valence-electron chi connectivity index (χ0n) is 34.8. The van der Waals surface area contributed by atoms with Gasteiger partial charge in [0.15, 0.2) is 0 Å². The summed E-state index contributed by atoms with van der Waals surface area (Å²) in [4.78, 5) is 2.47. The lowest BCUT2D eigenvalue weighted by Gasteiger charge is -2.27. The van der Waals surface area contributed by atoms with Crippen LogP contribution in [0.4, 0.5) is 17.1 Å². The first-order valence-corrected chi connectivity index (χ1v) is 22.2. The molecule has 0 N–H and O–H groups in total. The molecule has 2 nitrogen and oxygen atoms in total. The molecule has 14 aromatic rings. The number of fused-ring (bicyclic) bond motifs is 6. The van der Waals surface area contributed by atoms with E-state index in [0.29, 0.717) is 0 Å². The Morgan fingerprint density at radius 3 is 1.48 bits per heavy atom. The second-order valence-corrected chi connectivity index (χ2v) is 17.3. The minimum Gasteiger partial charge on any atom is -0.310 e. The van der Waals surface area contributed by atoms with Crippen LogP contribution in [0.1, 0.15) is 0 Å². The van der Waals surface area contributed by atoms with Gasteiger partial charge in [0.05, 0.1) is 11.0 Å². The predicted octanol–water partition coefficient (Wildman–Crippen LogP) is 17.4. The molecule has 0 saturated heterocycles. The summed E-state index contributed by atoms with van der Waals surface area (Å²) < 4.78 is 2.42. The summed E-state index contributed by atoms with van der Waals surface area (Å²) in [5.74, 6) is 0. The van der Waals surface area contributed by atoms with Crippen LogP contribution in [0.15, 0.2) is 231 Å². The van der Waals surface area contributed by atoms with Crippen LogP contribution in [-0.4, -0.2) is 4.57 Å². The third-order valence-electron chi connectivity index (χ3n) is 13.8. The summed E-state index contributed by atoms with van der Waals surface area (Å²) in [5.41, 5.74) is 9.20. The molecule has 0 bridgehead atoms. The van der Waals surface area contributed by atoms with E-state index in [0.717, 1.165) is 22.7 Å². The molecule has 0 saturated carbocycles. The minimum absolute atomic E-state index is 1.09. The normalized spacial score (nSPS) is 12.1. The molecular formula is C62H38N2.